The normalized spacial score (nSPS) is 26.2. The number of hydrogen-bond acceptors (Lipinski definition) is 4. The average Bonchev–Trinajstić information content (AvgIpc) is 2.48. The van der Waals surface area contributed by atoms with Crippen molar-refractivity contribution < 1.29 is 14.3 Å². The predicted octanol–water partition coefficient (Wildman–Crippen LogP) is 0.258. The molecule has 21 heavy (non-hydrogen) atoms. The van der Waals surface area contributed by atoms with Crippen LogP contribution in [0, 0.1) is 0 Å². The van der Waals surface area contributed by atoms with E-state index >= 15 is 0 Å². The lowest BCUT2D eigenvalue weighted by atomic mass is 9.89. The molecule has 0 aromatic rings. The van der Waals surface area contributed by atoms with Gasteiger partial charge in [0.25, 0.3) is 0 Å². The fraction of sp³-hybridized carbons (Fsp3) is 0.857. The van der Waals surface area contributed by atoms with Gasteiger partial charge in [-0.1, -0.05) is 0 Å². The van der Waals surface area contributed by atoms with Crippen LogP contribution < -0.4 is 5.32 Å². The summed E-state index contributed by atoms with van der Waals surface area (Å²) < 4.78 is 4.86. The Morgan fingerprint density at radius 3 is 2.29 bits per heavy atom. The second-order valence-corrected chi connectivity index (χ2v) is 5.82. The zero-order chi connectivity index (χ0) is 14.6. The molecule has 2 saturated heterocycles. The summed E-state index contributed by atoms with van der Waals surface area (Å²) in [6, 6.07) is 0. The van der Waals surface area contributed by atoms with Gasteiger partial charge in [0.2, 0.25) is 11.8 Å². The molecule has 0 saturated carbocycles. The Balaban J connectivity index is 0.00000220. The second-order valence-electron chi connectivity index (χ2n) is 5.82. The molecule has 0 aromatic heterocycles. The highest BCUT2D eigenvalue weighted by atomic mass is 35.5. The Labute approximate surface area is 132 Å². The fourth-order valence-electron chi connectivity index (χ4n) is 2.96. The number of carbonyl (C=O) groups is 2. The van der Waals surface area contributed by atoms with Gasteiger partial charge in [-0.25, -0.2) is 0 Å². The number of carbonyl (C=O) groups excluding carboxylic acids is 2. The van der Waals surface area contributed by atoms with Gasteiger partial charge in [-0.15, -0.1) is 12.4 Å². The molecule has 2 heterocycles. The summed E-state index contributed by atoms with van der Waals surface area (Å²) in [7, 11) is 1.52. The van der Waals surface area contributed by atoms with E-state index in [1.54, 1.807) is 4.90 Å². The summed E-state index contributed by atoms with van der Waals surface area (Å²) in [5.74, 6) is 0.178. The lowest BCUT2D eigenvalue weighted by Crippen LogP contribution is -2.61. The van der Waals surface area contributed by atoms with Crippen LogP contribution >= 0.6 is 12.4 Å². The highest BCUT2D eigenvalue weighted by molar-refractivity contribution is 5.86. The number of nitrogens with one attached hydrogen (secondary N) is 1. The van der Waals surface area contributed by atoms with Gasteiger partial charge in [-0.05, 0) is 32.7 Å². The van der Waals surface area contributed by atoms with E-state index in [4.69, 9.17) is 4.74 Å². The first kappa shape index (κ1) is 18.2. The monoisotopic (exact) mass is 319 g/mol. The molecule has 0 aliphatic carbocycles. The Kier molecular flexibility index (Phi) is 6.90. The summed E-state index contributed by atoms with van der Waals surface area (Å²) in [4.78, 5) is 28.0. The molecule has 2 aliphatic heterocycles. The zero-order valence-corrected chi connectivity index (χ0v) is 13.7. The SMILES string of the molecule is COCC(=O)N1CCN(C(=O)C2(C)CCCCN2)CC1.Cl. The van der Waals surface area contributed by atoms with Crippen molar-refractivity contribution in [3.63, 3.8) is 0 Å². The Hall–Kier alpha value is -0.850. The lowest BCUT2D eigenvalue weighted by Gasteiger charge is -2.41. The second kappa shape index (κ2) is 7.96. The molecular weight excluding hydrogens is 294 g/mol. The van der Waals surface area contributed by atoms with Crippen LogP contribution in [0.4, 0.5) is 0 Å². The maximum absolute atomic E-state index is 12.6. The number of amides is 2. The van der Waals surface area contributed by atoms with Crippen LogP contribution in [0.25, 0.3) is 0 Å². The Bertz CT molecular complexity index is 364. The average molecular weight is 320 g/mol. The van der Waals surface area contributed by atoms with Crippen molar-refractivity contribution in [2.24, 2.45) is 0 Å². The van der Waals surface area contributed by atoms with E-state index in [1.165, 1.54) is 7.11 Å². The van der Waals surface area contributed by atoms with Crippen molar-refractivity contribution in [2.75, 3.05) is 46.4 Å². The van der Waals surface area contributed by atoms with Crippen molar-refractivity contribution in [3.05, 3.63) is 0 Å². The van der Waals surface area contributed by atoms with E-state index in [1.807, 2.05) is 11.8 Å². The number of piperidine rings is 1. The Morgan fingerprint density at radius 2 is 1.76 bits per heavy atom. The van der Waals surface area contributed by atoms with Crippen molar-refractivity contribution in [2.45, 2.75) is 31.7 Å². The minimum absolute atomic E-state index is 0. The molecule has 0 radical (unpaired) electrons. The van der Waals surface area contributed by atoms with E-state index in [0.717, 1.165) is 25.8 Å². The molecular formula is C14H26ClN3O3. The van der Waals surface area contributed by atoms with Crippen LogP contribution in [0.15, 0.2) is 0 Å². The van der Waals surface area contributed by atoms with Gasteiger partial charge in [0.1, 0.15) is 6.61 Å². The van der Waals surface area contributed by atoms with Crippen LogP contribution in [0.2, 0.25) is 0 Å². The van der Waals surface area contributed by atoms with Gasteiger partial charge in [0, 0.05) is 33.3 Å². The van der Waals surface area contributed by atoms with E-state index in [9.17, 15) is 9.59 Å². The third-order valence-corrected chi connectivity index (χ3v) is 4.28. The maximum Gasteiger partial charge on any atom is 0.248 e. The number of methoxy groups -OCH3 is 1. The van der Waals surface area contributed by atoms with Crippen LogP contribution in [0.5, 0.6) is 0 Å². The van der Waals surface area contributed by atoms with Crippen LogP contribution in [0.3, 0.4) is 0 Å². The highest BCUT2D eigenvalue weighted by Crippen LogP contribution is 2.22. The first-order valence-corrected chi connectivity index (χ1v) is 7.38. The van der Waals surface area contributed by atoms with Gasteiger partial charge in [-0.2, -0.15) is 0 Å². The van der Waals surface area contributed by atoms with E-state index in [0.29, 0.717) is 26.2 Å². The van der Waals surface area contributed by atoms with E-state index < -0.39 is 5.54 Å². The number of hydrogen-bond donors (Lipinski definition) is 1. The molecule has 2 rings (SSSR count). The summed E-state index contributed by atoms with van der Waals surface area (Å²) >= 11 is 0. The number of piperazine rings is 1. The largest absolute Gasteiger partial charge is 0.375 e. The molecule has 0 bridgehead atoms. The highest BCUT2D eigenvalue weighted by Gasteiger charge is 2.38. The smallest absolute Gasteiger partial charge is 0.248 e. The van der Waals surface area contributed by atoms with Crippen LogP contribution in [-0.2, 0) is 14.3 Å². The van der Waals surface area contributed by atoms with Crippen LogP contribution in [0.1, 0.15) is 26.2 Å². The molecule has 7 heteroatoms. The van der Waals surface area contributed by atoms with Crippen molar-refractivity contribution in [1.82, 2.24) is 15.1 Å². The van der Waals surface area contributed by atoms with E-state index in [-0.39, 0.29) is 30.8 Å². The molecule has 6 nitrogen and oxygen atoms in total. The maximum atomic E-state index is 12.6. The van der Waals surface area contributed by atoms with E-state index in [2.05, 4.69) is 5.32 Å². The molecule has 2 amide bonds. The number of rotatable bonds is 3. The lowest BCUT2D eigenvalue weighted by molar-refractivity contribution is -0.145. The van der Waals surface area contributed by atoms with Crippen LogP contribution in [-0.4, -0.2) is 73.6 Å². The standard InChI is InChI=1S/C14H25N3O3.ClH/c1-14(5-3-4-6-15-14)13(19)17-9-7-16(8-10-17)12(18)11-20-2;/h15H,3-11H2,1-2H3;1H. The van der Waals surface area contributed by atoms with Crippen molar-refractivity contribution in [1.29, 1.82) is 0 Å². The molecule has 2 fully saturated rings. The fourth-order valence-corrected chi connectivity index (χ4v) is 2.96. The molecule has 122 valence electrons. The zero-order valence-electron chi connectivity index (χ0n) is 12.9. The van der Waals surface area contributed by atoms with Gasteiger partial charge in [0.15, 0.2) is 0 Å². The quantitative estimate of drug-likeness (QED) is 0.810. The summed E-state index contributed by atoms with van der Waals surface area (Å²) in [6.07, 6.45) is 3.14. The summed E-state index contributed by atoms with van der Waals surface area (Å²) in [6.45, 7) is 5.46. The minimum Gasteiger partial charge on any atom is -0.375 e. The van der Waals surface area contributed by atoms with Gasteiger partial charge in [0.05, 0.1) is 5.54 Å². The van der Waals surface area contributed by atoms with Gasteiger partial charge < -0.3 is 19.9 Å². The number of nitrogens with zero attached hydrogens (tertiary/aromatic N) is 2. The van der Waals surface area contributed by atoms with Crippen molar-refractivity contribution >= 4 is 24.2 Å². The predicted molar refractivity (Wildman–Crippen MR) is 82.5 cm³/mol. The van der Waals surface area contributed by atoms with Gasteiger partial charge in [-0.3, -0.25) is 9.59 Å². The minimum atomic E-state index is -0.420. The molecule has 1 atom stereocenters. The first-order chi connectivity index (χ1) is 9.57. The topological polar surface area (TPSA) is 61.9 Å². The van der Waals surface area contributed by atoms with Gasteiger partial charge >= 0.3 is 0 Å². The molecule has 1 unspecified atom stereocenters. The third-order valence-electron chi connectivity index (χ3n) is 4.28. The van der Waals surface area contributed by atoms with Crippen molar-refractivity contribution in [3.8, 4) is 0 Å². The summed E-state index contributed by atoms with van der Waals surface area (Å²) in [5.41, 5.74) is -0.420. The molecule has 0 spiro atoms. The Morgan fingerprint density at radius 1 is 1.14 bits per heavy atom. The number of halogens is 1. The molecule has 1 N–H and O–H groups in total. The molecule has 0 aromatic carbocycles. The molecule has 2 aliphatic rings. The third kappa shape index (κ3) is 4.31. The summed E-state index contributed by atoms with van der Waals surface area (Å²) in [5, 5.41) is 3.36. The first-order valence-electron chi connectivity index (χ1n) is 7.38. The number of ether oxygens (including phenoxy) is 1.